The second kappa shape index (κ2) is 5.82. The summed E-state index contributed by atoms with van der Waals surface area (Å²) in [7, 11) is 2.19. The molecule has 0 aliphatic rings. The van der Waals surface area contributed by atoms with E-state index in [0.717, 1.165) is 13.0 Å². The Morgan fingerprint density at radius 1 is 1.07 bits per heavy atom. The summed E-state index contributed by atoms with van der Waals surface area (Å²) in [6.45, 7) is 6.71. The fourth-order valence-corrected chi connectivity index (χ4v) is 1.81. The molecular weight excluding hydrogens is 170 g/mol. The van der Waals surface area contributed by atoms with Crippen LogP contribution in [0.15, 0.2) is 24.3 Å². The fourth-order valence-electron chi connectivity index (χ4n) is 1.81. The molecule has 0 radical (unpaired) electrons. The molecule has 1 aromatic rings. The summed E-state index contributed by atoms with van der Waals surface area (Å²) >= 11 is 0. The average molecular weight is 191 g/mol. The van der Waals surface area contributed by atoms with Crippen molar-refractivity contribution in [1.82, 2.24) is 4.90 Å². The molecular formula is C13H21N. The maximum absolute atomic E-state index is 2.38. The summed E-state index contributed by atoms with van der Waals surface area (Å²) < 4.78 is 0. The second-order valence-electron chi connectivity index (χ2n) is 3.86. The minimum Gasteiger partial charge on any atom is -0.302 e. The molecule has 0 amide bonds. The predicted molar refractivity (Wildman–Crippen MR) is 62.4 cm³/mol. The monoisotopic (exact) mass is 191 g/mol. The smallest absolute Gasteiger partial charge is 0.0233 e. The SMILES string of the molecule is CCCN(C)Cc1ccccc1CC. The van der Waals surface area contributed by atoms with E-state index in [9.17, 15) is 0 Å². The van der Waals surface area contributed by atoms with Crippen LogP contribution in [-0.2, 0) is 13.0 Å². The minimum absolute atomic E-state index is 1.08. The molecule has 0 saturated heterocycles. The van der Waals surface area contributed by atoms with Gasteiger partial charge in [0.2, 0.25) is 0 Å². The van der Waals surface area contributed by atoms with Crippen molar-refractivity contribution >= 4 is 0 Å². The molecule has 0 saturated carbocycles. The molecule has 0 N–H and O–H groups in total. The Morgan fingerprint density at radius 2 is 1.71 bits per heavy atom. The van der Waals surface area contributed by atoms with Gasteiger partial charge >= 0.3 is 0 Å². The quantitative estimate of drug-likeness (QED) is 0.691. The van der Waals surface area contributed by atoms with Crippen LogP contribution in [0.1, 0.15) is 31.4 Å². The summed E-state index contributed by atoms with van der Waals surface area (Å²) in [5.74, 6) is 0. The molecule has 0 aliphatic carbocycles. The summed E-state index contributed by atoms with van der Waals surface area (Å²) in [4.78, 5) is 2.38. The van der Waals surface area contributed by atoms with Crippen molar-refractivity contribution in [3.8, 4) is 0 Å². The summed E-state index contributed by atoms with van der Waals surface area (Å²) in [5.41, 5.74) is 2.96. The van der Waals surface area contributed by atoms with Gasteiger partial charge in [-0.15, -0.1) is 0 Å². The molecule has 1 aromatic carbocycles. The van der Waals surface area contributed by atoms with Crippen molar-refractivity contribution in [2.45, 2.75) is 33.2 Å². The van der Waals surface area contributed by atoms with Crippen LogP contribution in [0.3, 0.4) is 0 Å². The van der Waals surface area contributed by atoms with Crippen molar-refractivity contribution < 1.29 is 0 Å². The lowest BCUT2D eigenvalue weighted by Gasteiger charge is -2.17. The number of hydrogen-bond acceptors (Lipinski definition) is 1. The topological polar surface area (TPSA) is 3.24 Å². The highest BCUT2D eigenvalue weighted by Crippen LogP contribution is 2.11. The van der Waals surface area contributed by atoms with E-state index in [-0.39, 0.29) is 0 Å². The maximum Gasteiger partial charge on any atom is 0.0233 e. The van der Waals surface area contributed by atoms with Gasteiger partial charge in [0.1, 0.15) is 0 Å². The van der Waals surface area contributed by atoms with Gasteiger partial charge in [0.25, 0.3) is 0 Å². The largest absolute Gasteiger partial charge is 0.302 e. The van der Waals surface area contributed by atoms with Crippen LogP contribution >= 0.6 is 0 Å². The molecule has 0 spiro atoms. The third-order valence-electron chi connectivity index (χ3n) is 2.54. The van der Waals surface area contributed by atoms with Gasteiger partial charge in [-0.05, 0) is 37.6 Å². The molecule has 14 heavy (non-hydrogen) atoms. The van der Waals surface area contributed by atoms with Crippen molar-refractivity contribution in [2.75, 3.05) is 13.6 Å². The van der Waals surface area contributed by atoms with Gasteiger partial charge < -0.3 is 4.90 Å². The van der Waals surface area contributed by atoms with E-state index in [1.54, 1.807) is 0 Å². The number of hydrogen-bond donors (Lipinski definition) is 0. The lowest BCUT2D eigenvalue weighted by atomic mass is 10.1. The fraction of sp³-hybridized carbons (Fsp3) is 0.538. The van der Waals surface area contributed by atoms with Crippen molar-refractivity contribution in [3.05, 3.63) is 35.4 Å². The summed E-state index contributed by atoms with van der Waals surface area (Å²) in [6, 6.07) is 8.73. The van der Waals surface area contributed by atoms with E-state index in [0.29, 0.717) is 0 Å². The number of aryl methyl sites for hydroxylation is 1. The van der Waals surface area contributed by atoms with Crippen LogP contribution in [0.2, 0.25) is 0 Å². The first kappa shape index (κ1) is 11.3. The van der Waals surface area contributed by atoms with Crippen molar-refractivity contribution in [3.63, 3.8) is 0 Å². The molecule has 78 valence electrons. The first-order valence-electron chi connectivity index (χ1n) is 5.53. The van der Waals surface area contributed by atoms with Gasteiger partial charge in [0.05, 0.1) is 0 Å². The van der Waals surface area contributed by atoms with Gasteiger partial charge in [-0.25, -0.2) is 0 Å². The standard InChI is InChI=1S/C13H21N/c1-4-10-14(3)11-13-9-7-6-8-12(13)5-2/h6-9H,4-5,10-11H2,1-3H3. The first-order chi connectivity index (χ1) is 6.77. The highest BCUT2D eigenvalue weighted by molar-refractivity contribution is 5.26. The zero-order valence-corrected chi connectivity index (χ0v) is 9.59. The van der Waals surface area contributed by atoms with E-state index in [1.165, 1.54) is 24.1 Å². The van der Waals surface area contributed by atoms with Crippen LogP contribution in [0, 0.1) is 0 Å². The molecule has 0 unspecified atom stereocenters. The molecule has 1 heteroatoms. The van der Waals surface area contributed by atoms with Crippen LogP contribution in [-0.4, -0.2) is 18.5 Å². The Bertz CT molecular complexity index is 268. The Morgan fingerprint density at radius 3 is 2.29 bits per heavy atom. The summed E-state index contributed by atoms with van der Waals surface area (Å²) in [5, 5.41) is 0. The lowest BCUT2D eigenvalue weighted by molar-refractivity contribution is 0.326. The normalized spacial score (nSPS) is 10.9. The molecule has 1 rings (SSSR count). The van der Waals surface area contributed by atoms with Crippen LogP contribution < -0.4 is 0 Å². The van der Waals surface area contributed by atoms with Crippen LogP contribution in [0.4, 0.5) is 0 Å². The number of nitrogens with zero attached hydrogens (tertiary/aromatic N) is 1. The van der Waals surface area contributed by atoms with Crippen LogP contribution in [0.25, 0.3) is 0 Å². The lowest BCUT2D eigenvalue weighted by Crippen LogP contribution is -2.19. The molecule has 0 aliphatic heterocycles. The predicted octanol–water partition coefficient (Wildman–Crippen LogP) is 3.09. The van der Waals surface area contributed by atoms with E-state index in [4.69, 9.17) is 0 Å². The minimum atomic E-state index is 1.08. The molecule has 0 aromatic heterocycles. The third-order valence-corrected chi connectivity index (χ3v) is 2.54. The number of rotatable bonds is 5. The van der Waals surface area contributed by atoms with E-state index in [1.807, 2.05) is 0 Å². The Labute approximate surface area is 87.7 Å². The number of benzene rings is 1. The zero-order valence-electron chi connectivity index (χ0n) is 9.59. The second-order valence-corrected chi connectivity index (χ2v) is 3.86. The van der Waals surface area contributed by atoms with Crippen LogP contribution in [0.5, 0.6) is 0 Å². The molecule has 0 fully saturated rings. The van der Waals surface area contributed by atoms with Gasteiger partial charge in [-0.2, -0.15) is 0 Å². The maximum atomic E-state index is 2.38. The van der Waals surface area contributed by atoms with Crippen molar-refractivity contribution in [2.24, 2.45) is 0 Å². The Kier molecular flexibility index (Phi) is 4.68. The third kappa shape index (κ3) is 3.15. The highest BCUT2D eigenvalue weighted by atomic mass is 15.1. The van der Waals surface area contributed by atoms with Gasteiger partial charge in [-0.1, -0.05) is 38.1 Å². The van der Waals surface area contributed by atoms with Crippen molar-refractivity contribution in [1.29, 1.82) is 0 Å². The van der Waals surface area contributed by atoms with Gasteiger partial charge in [0.15, 0.2) is 0 Å². The molecule has 0 bridgehead atoms. The average Bonchev–Trinajstić information content (AvgIpc) is 2.19. The van der Waals surface area contributed by atoms with Gasteiger partial charge in [-0.3, -0.25) is 0 Å². The van der Waals surface area contributed by atoms with Gasteiger partial charge in [0, 0.05) is 6.54 Å². The molecule has 0 atom stereocenters. The summed E-state index contributed by atoms with van der Waals surface area (Å²) in [6.07, 6.45) is 2.36. The highest BCUT2D eigenvalue weighted by Gasteiger charge is 2.02. The van der Waals surface area contributed by atoms with E-state index < -0.39 is 0 Å². The molecule has 0 heterocycles. The zero-order chi connectivity index (χ0) is 10.4. The van der Waals surface area contributed by atoms with E-state index in [2.05, 4.69) is 50.1 Å². The first-order valence-corrected chi connectivity index (χ1v) is 5.53. The molecule has 1 nitrogen and oxygen atoms in total. The Hall–Kier alpha value is -0.820. The van der Waals surface area contributed by atoms with E-state index >= 15 is 0 Å². The Balaban J connectivity index is 2.65.